The van der Waals surface area contributed by atoms with E-state index in [4.69, 9.17) is 4.98 Å². The van der Waals surface area contributed by atoms with Crippen molar-refractivity contribution in [1.82, 2.24) is 24.7 Å². The first kappa shape index (κ1) is 17.9. The summed E-state index contributed by atoms with van der Waals surface area (Å²) in [5, 5.41) is 14.7. The zero-order valence-corrected chi connectivity index (χ0v) is 18.2. The third kappa shape index (κ3) is 3.15. The van der Waals surface area contributed by atoms with Crippen molar-refractivity contribution in [3.63, 3.8) is 0 Å². The van der Waals surface area contributed by atoms with Crippen molar-refractivity contribution in [2.45, 2.75) is 55.0 Å². The van der Waals surface area contributed by atoms with Crippen LogP contribution in [0.5, 0.6) is 0 Å². The summed E-state index contributed by atoms with van der Waals surface area (Å²) in [7, 11) is 0. The normalized spacial score (nSPS) is 17.8. The minimum absolute atomic E-state index is 0.00635. The lowest BCUT2D eigenvalue weighted by Gasteiger charge is -2.12. The number of nitrogens with zero attached hydrogens (tertiary/aromatic N) is 4. The number of hydrogen-bond acceptors (Lipinski definition) is 7. The number of aromatic nitrogens is 5. The summed E-state index contributed by atoms with van der Waals surface area (Å²) in [6.07, 6.45) is 4.87. The van der Waals surface area contributed by atoms with Crippen molar-refractivity contribution in [3.05, 3.63) is 44.9 Å². The topological polar surface area (TPSA) is 76.5 Å². The van der Waals surface area contributed by atoms with Crippen LogP contribution >= 0.6 is 34.4 Å². The molecular weight excluding hydrogens is 422 g/mol. The monoisotopic (exact) mass is 441 g/mol. The van der Waals surface area contributed by atoms with Crippen LogP contribution in [0.3, 0.4) is 0 Å². The fraction of sp³-hybridized carbons (Fsp3) is 0.400. The lowest BCUT2D eigenvalue weighted by Crippen LogP contribution is -2.12. The van der Waals surface area contributed by atoms with Gasteiger partial charge >= 0.3 is 0 Å². The minimum Gasteiger partial charge on any atom is -0.309 e. The summed E-state index contributed by atoms with van der Waals surface area (Å²) in [6, 6.07) is 4.60. The largest absolute Gasteiger partial charge is 0.309 e. The van der Waals surface area contributed by atoms with Gasteiger partial charge in [0.2, 0.25) is 0 Å². The van der Waals surface area contributed by atoms with Crippen molar-refractivity contribution in [1.29, 1.82) is 0 Å². The molecule has 29 heavy (non-hydrogen) atoms. The molecule has 2 fully saturated rings. The number of thiophene rings is 2. The lowest BCUT2D eigenvalue weighted by molar-refractivity contribution is 0.625. The Balaban J connectivity index is 1.34. The first-order chi connectivity index (χ1) is 14.2. The molecule has 0 bridgehead atoms. The molecule has 6 rings (SSSR count). The van der Waals surface area contributed by atoms with Gasteiger partial charge in [-0.2, -0.15) is 0 Å². The zero-order chi connectivity index (χ0) is 19.5. The third-order valence-electron chi connectivity index (χ3n) is 5.46. The molecule has 4 heterocycles. The Morgan fingerprint density at radius 2 is 2.10 bits per heavy atom. The van der Waals surface area contributed by atoms with Gasteiger partial charge in [0, 0.05) is 27.8 Å². The van der Waals surface area contributed by atoms with Crippen LogP contribution in [0.2, 0.25) is 0 Å². The van der Waals surface area contributed by atoms with Crippen LogP contribution in [0.1, 0.15) is 61.5 Å². The van der Waals surface area contributed by atoms with Crippen LogP contribution in [0.4, 0.5) is 0 Å². The number of thioether (sulfide) groups is 1. The van der Waals surface area contributed by atoms with E-state index >= 15 is 0 Å². The molecular formula is C20H19N5OS3. The fourth-order valence-corrected chi connectivity index (χ4v) is 6.40. The van der Waals surface area contributed by atoms with Crippen LogP contribution in [0.15, 0.2) is 32.8 Å². The van der Waals surface area contributed by atoms with Crippen LogP contribution in [0.25, 0.3) is 20.7 Å². The summed E-state index contributed by atoms with van der Waals surface area (Å²) < 4.78 is 2.34. The van der Waals surface area contributed by atoms with E-state index in [2.05, 4.69) is 26.7 Å². The molecule has 2 saturated carbocycles. The van der Waals surface area contributed by atoms with Crippen molar-refractivity contribution >= 4 is 44.7 Å². The molecule has 6 nitrogen and oxygen atoms in total. The molecule has 2 aliphatic carbocycles. The van der Waals surface area contributed by atoms with Crippen LogP contribution < -0.4 is 5.56 Å². The molecule has 0 aromatic carbocycles. The van der Waals surface area contributed by atoms with E-state index in [1.807, 2.05) is 22.9 Å². The molecule has 0 amide bonds. The van der Waals surface area contributed by atoms with E-state index in [9.17, 15) is 4.79 Å². The maximum Gasteiger partial charge on any atom is 0.260 e. The lowest BCUT2D eigenvalue weighted by atomic mass is 10.2. The summed E-state index contributed by atoms with van der Waals surface area (Å²) in [4.78, 5) is 22.6. The summed E-state index contributed by atoms with van der Waals surface area (Å²) >= 11 is 4.81. The van der Waals surface area contributed by atoms with Crippen molar-refractivity contribution in [2.24, 2.45) is 0 Å². The standard InChI is InChI=1S/C20H19N5OS3/c1-10(29-20-24-23-17(11-4-5-11)25(20)12-6-7-12)16-21-18(26)15-13(9-28-19(15)22-16)14-3-2-8-27-14/h2-3,8-12H,4-7H2,1H3,(H,21,22,26). The third-order valence-corrected chi connectivity index (χ3v) is 8.30. The van der Waals surface area contributed by atoms with Gasteiger partial charge < -0.3 is 9.55 Å². The minimum atomic E-state index is -0.0653. The number of fused-ring (bicyclic) bond motifs is 1. The summed E-state index contributed by atoms with van der Waals surface area (Å²) in [6.45, 7) is 2.07. The zero-order valence-electron chi connectivity index (χ0n) is 15.8. The van der Waals surface area contributed by atoms with Gasteiger partial charge in [0.25, 0.3) is 5.56 Å². The average Bonchev–Trinajstić information content (AvgIpc) is 3.59. The van der Waals surface area contributed by atoms with E-state index < -0.39 is 0 Å². The van der Waals surface area contributed by atoms with Crippen molar-refractivity contribution < 1.29 is 0 Å². The molecule has 0 saturated heterocycles. The Kier molecular flexibility index (Phi) is 4.18. The molecule has 4 aromatic heterocycles. The predicted molar refractivity (Wildman–Crippen MR) is 118 cm³/mol. The van der Waals surface area contributed by atoms with Gasteiger partial charge in [-0.1, -0.05) is 17.8 Å². The highest BCUT2D eigenvalue weighted by atomic mass is 32.2. The van der Waals surface area contributed by atoms with Gasteiger partial charge in [-0.25, -0.2) is 4.98 Å². The molecule has 1 unspecified atom stereocenters. The smallest absolute Gasteiger partial charge is 0.260 e. The second kappa shape index (κ2) is 6.78. The number of aromatic amines is 1. The first-order valence-corrected chi connectivity index (χ1v) is 12.5. The second-order valence-electron chi connectivity index (χ2n) is 7.73. The molecule has 2 aliphatic rings. The Morgan fingerprint density at radius 3 is 2.83 bits per heavy atom. The summed E-state index contributed by atoms with van der Waals surface area (Å²) in [5.74, 6) is 2.44. The predicted octanol–water partition coefficient (Wildman–Crippen LogP) is 5.37. The highest BCUT2D eigenvalue weighted by Crippen LogP contribution is 2.47. The van der Waals surface area contributed by atoms with Gasteiger partial charge in [0.15, 0.2) is 5.16 Å². The first-order valence-electron chi connectivity index (χ1n) is 9.86. The number of hydrogen-bond donors (Lipinski definition) is 1. The fourth-order valence-electron chi connectivity index (χ4n) is 3.65. The van der Waals surface area contributed by atoms with Gasteiger partial charge in [-0.05, 0) is 44.1 Å². The number of nitrogens with one attached hydrogen (secondary N) is 1. The van der Waals surface area contributed by atoms with E-state index in [0.717, 1.165) is 26.3 Å². The van der Waals surface area contributed by atoms with E-state index in [-0.39, 0.29) is 10.8 Å². The molecule has 1 N–H and O–H groups in total. The number of H-pyrrole nitrogens is 1. The Hall–Kier alpha value is -1.97. The molecule has 1 atom stereocenters. The van der Waals surface area contributed by atoms with Crippen LogP contribution in [-0.4, -0.2) is 24.7 Å². The number of rotatable bonds is 6. The molecule has 0 radical (unpaired) electrons. The van der Waals surface area contributed by atoms with E-state index in [1.54, 1.807) is 23.1 Å². The van der Waals surface area contributed by atoms with E-state index in [1.165, 1.54) is 37.0 Å². The molecule has 9 heteroatoms. The average molecular weight is 442 g/mol. The van der Waals surface area contributed by atoms with Crippen LogP contribution in [0, 0.1) is 0 Å². The van der Waals surface area contributed by atoms with Crippen molar-refractivity contribution in [3.8, 4) is 10.4 Å². The maximum atomic E-state index is 12.9. The van der Waals surface area contributed by atoms with Crippen molar-refractivity contribution in [2.75, 3.05) is 0 Å². The summed E-state index contributed by atoms with van der Waals surface area (Å²) in [5.41, 5.74) is 0.910. The maximum absolute atomic E-state index is 12.9. The quantitative estimate of drug-likeness (QED) is 0.407. The highest BCUT2D eigenvalue weighted by molar-refractivity contribution is 7.99. The second-order valence-corrected chi connectivity index (χ2v) is 10.8. The Bertz CT molecular complexity index is 1250. The van der Waals surface area contributed by atoms with Gasteiger partial charge in [0.1, 0.15) is 16.5 Å². The molecule has 4 aromatic rings. The van der Waals surface area contributed by atoms with Gasteiger partial charge in [0.05, 0.1) is 10.6 Å². The van der Waals surface area contributed by atoms with Gasteiger partial charge in [-0.3, -0.25) is 4.79 Å². The Labute approximate surface area is 179 Å². The van der Waals surface area contributed by atoms with Crippen LogP contribution in [-0.2, 0) is 0 Å². The molecule has 148 valence electrons. The molecule has 0 aliphatic heterocycles. The molecule has 0 spiro atoms. The SMILES string of the molecule is CC(Sc1nnc(C2CC2)n1C1CC1)c1nc2scc(-c3cccs3)c2c(=O)[nH]1. The van der Waals surface area contributed by atoms with E-state index in [0.29, 0.717) is 23.2 Å². The Morgan fingerprint density at radius 1 is 1.24 bits per heavy atom. The van der Waals surface area contributed by atoms with Gasteiger partial charge in [-0.15, -0.1) is 32.9 Å². The highest BCUT2D eigenvalue weighted by Gasteiger charge is 2.36.